The first kappa shape index (κ1) is 11.7. The Morgan fingerprint density at radius 2 is 2.47 bits per heavy atom. The van der Waals surface area contributed by atoms with Gasteiger partial charge in [-0.25, -0.2) is 0 Å². The monoisotopic (exact) mass is 213 g/mol. The van der Waals surface area contributed by atoms with Gasteiger partial charge in [-0.1, -0.05) is 0 Å². The molecule has 1 atom stereocenters. The number of aliphatic hydroxyl groups excluding tert-OH is 1. The number of carbonyl (C=O) groups is 1. The number of nitrogens with one attached hydrogen (secondary N) is 1. The minimum absolute atomic E-state index is 0.156. The third-order valence-corrected chi connectivity index (χ3v) is 1.92. The maximum absolute atomic E-state index is 11.6. The smallest absolute Gasteiger partial charge is 0.254 e. The van der Waals surface area contributed by atoms with Gasteiger partial charge >= 0.3 is 0 Å². The normalized spacial score (nSPS) is 12.5. The molecule has 1 aromatic heterocycles. The molecule has 1 amide bonds. The van der Waals surface area contributed by atoms with Crippen LogP contribution in [0.5, 0.6) is 0 Å². The van der Waals surface area contributed by atoms with Crippen LogP contribution in [0.15, 0.2) is 16.7 Å². The minimum atomic E-state index is -0.391. The van der Waals surface area contributed by atoms with Crippen LogP contribution in [-0.4, -0.2) is 37.4 Å². The lowest BCUT2D eigenvalue weighted by molar-refractivity contribution is 0.0839. The van der Waals surface area contributed by atoms with Crippen molar-refractivity contribution in [2.24, 2.45) is 0 Å². The van der Waals surface area contributed by atoms with Crippen LogP contribution in [0.3, 0.4) is 0 Å². The number of ether oxygens (including phenoxy) is 1. The van der Waals surface area contributed by atoms with Crippen molar-refractivity contribution in [2.45, 2.75) is 13.0 Å². The number of aliphatic hydroxyl groups is 1. The van der Waals surface area contributed by atoms with E-state index < -0.39 is 6.04 Å². The van der Waals surface area contributed by atoms with Crippen molar-refractivity contribution < 1.29 is 19.1 Å². The summed E-state index contributed by atoms with van der Waals surface area (Å²) in [4.78, 5) is 11.6. The van der Waals surface area contributed by atoms with Crippen molar-refractivity contribution in [1.29, 1.82) is 0 Å². The first-order valence-corrected chi connectivity index (χ1v) is 4.63. The summed E-state index contributed by atoms with van der Waals surface area (Å²) in [6, 6.07) is 1.24. The van der Waals surface area contributed by atoms with Gasteiger partial charge in [-0.05, 0) is 13.0 Å². The standard InChI is InChI=1S/C10H15NO4/c1-7-3-8(5-15-7)10(13)11-9(4-12)6-14-2/h3,5,9,12H,4,6H2,1-2H3,(H,11,13). The first-order valence-electron chi connectivity index (χ1n) is 4.63. The lowest BCUT2D eigenvalue weighted by Crippen LogP contribution is -2.40. The Balaban J connectivity index is 2.54. The molecule has 0 bridgehead atoms. The second-order valence-electron chi connectivity index (χ2n) is 3.25. The number of rotatable bonds is 5. The van der Waals surface area contributed by atoms with E-state index in [2.05, 4.69) is 5.32 Å². The molecule has 0 saturated heterocycles. The van der Waals surface area contributed by atoms with Gasteiger partial charge in [0, 0.05) is 7.11 Å². The predicted molar refractivity (Wildman–Crippen MR) is 53.7 cm³/mol. The molecule has 0 aromatic carbocycles. The Morgan fingerprint density at radius 3 is 2.93 bits per heavy atom. The zero-order chi connectivity index (χ0) is 11.3. The highest BCUT2D eigenvalue weighted by Crippen LogP contribution is 2.06. The topological polar surface area (TPSA) is 71.7 Å². The van der Waals surface area contributed by atoms with Crippen LogP contribution in [0, 0.1) is 6.92 Å². The average molecular weight is 213 g/mol. The lowest BCUT2D eigenvalue weighted by atomic mass is 10.2. The Kier molecular flexibility index (Phi) is 4.33. The fraction of sp³-hybridized carbons (Fsp3) is 0.500. The van der Waals surface area contributed by atoms with Gasteiger partial charge in [0.2, 0.25) is 0 Å². The van der Waals surface area contributed by atoms with Gasteiger partial charge in [0.15, 0.2) is 0 Å². The summed E-state index contributed by atoms with van der Waals surface area (Å²) < 4.78 is 9.84. The van der Waals surface area contributed by atoms with Gasteiger partial charge in [-0.15, -0.1) is 0 Å². The van der Waals surface area contributed by atoms with Gasteiger partial charge in [-0.3, -0.25) is 4.79 Å². The van der Waals surface area contributed by atoms with Crippen molar-refractivity contribution in [3.05, 3.63) is 23.7 Å². The summed E-state index contributed by atoms with van der Waals surface area (Å²) >= 11 is 0. The molecule has 0 aliphatic heterocycles. The van der Waals surface area contributed by atoms with E-state index in [0.717, 1.165) is 0 Å². The van der Waals surface area contributed by atoms with E-state index in [-0.39, 0.29) is 19.1 Å². The second kappa shape index (κ2) is 5.53. The number of amides is 1. The van der Waals surface area contributed by atoms with Crippen LogP contribution >= 0.6 is 0 Å². The van der Waals surface area contributed by atoms with Crippen molar-refractivity contribution in [1.82, 2.24) is 5.32 Å². The molecule has 15 heavy (non-hydrogen) atoms. The minimum Gasteiger partial charge on any atom is -0.469 e. The van der Waals surface area contributed by atoms with Crippen LogP contribution in [0.1, 0.15) is 16.1 Å². The molecule has 0 aliphatic carbocycles. The molecule has 2 N–H and O–H groups in total. The Morgan fingerprint density at radius 1 is 1.73 bits per heavy atom. The summed E-state index contributed by atoms with van der Waals surface area (Å²) in [5, 5.41) is 11.6. The van der Waals surface area contributed by atoms with Gasteiger partial charge in [-0.2, -0.15) is 0 Å². The Hall–Kier alpha value is -1.33. The largest absolute Gasteiger partial charge is 0.469 e. The van der Waals surface area contributed by atoms with E-state index in [1.54, 1.807) is 13.0 Å². The molecule has 0 aliphatic rings. The van der Waals surface area contributed by atoms with E-state index in [4.69, 9.17) is 14.3 Å². The second-order valence-corrected chi connectivity index (χ2v) is 3.25. The van der Waals surface area contributed by atoms with Crippen molar-refractivity contribution in [3.63, 3.8) is 0 Å². The third kappa shape index (κ3) is 3.38. The number of furan rings is 1. The molecule has 84 valence electrons. The molecule has 1 rings (SSSR count). The molecule has 5 nitrogen and oxygen atoms in total. The maximum Gasteiger partial charge on any atom is 0.254 e. The zero-order valence-corrected chi connectivity index (χ0v) is 8.82. The van der Waals surface area contributed by atoms with Crippen molar-refractivity contribution in [3.8, 4) is 0 Å². The molecule has 0 radical (unpaired) electrons. The molecular weight excluding hydrogens is 198 g/mol. The fourth-order valence-corrected chi connectivity index (χ4v) is 1.17. The van der Waals surface area contributed by atoms with Gasteiger partial charge in [0.25, 0.3) is 5.91 Å². The molecular formula is C10H15NO4. The molecule has 0 saturated carbocycles. The molecule has 1 heterocycles. The summed E-state index contributed by atoms with van der Waals surface area (Å²) in [5.74, 6) is 0.399. The van der Waals surface area contributed by atoms with E-state index in [1.807, 2.05) is 0 Å². The fourth-order valence-electron chi connectivity index (χ4n) is 1.17. The van der Waals surface area contributed by atoms with Crippen LogP contribution in [0.2, 0.25) is 0 Å². The van der Waals surface area contributed by atoms with E-state index in [1.165, 1.54) is 13.4 Å². The molecule has 0 spiro atoms. The van der Waals surface area contributed by atoms with Crippen LogP contribution in [0.4, 0.5) is 0 Å². The SMILES string of the molecule is COCC(CO)NC(=O)c1coc(C)c1. The van der Waals surface area contributed by atoms with E-state index >= 15 is 0 Å². The quantitative estimate of drug-likeness (QED) is 0.739. The highest BCUT2D eigenvalue weighted by atomic mass is 16.5. The number of hydrogen-bond donors (Lipinski definition) is 2. The summed E-state index contributed by atoms with van der Waals surface area (Å²) in [7, 11) is 1.51. The third-order valence-electron chi connectivity index (χ3n) is 1.92. The number of aryl methyl sites for hydroxylation is 1. The lowest BCUT2D eigenvalue weighted by Gasteiger charge is -2.14. The molecule has 1 unspecified atom stereocenters. The highest BCUT2D eigenvalue weighted by Gasteiger charge is 2.14. The van der Waals surface area contributed by atoms with Gasteiger partial charge in [0.05, 0.1) is 24.8 Å². The first-order chi connectivity index (χ1) is 7.17. The summed E-state index contributed by atoms with van der Waals surface area (Å²) in [6.45, 7) is 1.88. The van der Waals surface area contributed by atoms with Crippen LogP contribution in [-0.2, 0) is 4.74 Å². The molecule has 5 heteroatoms. The van der Waals surface area contributed by atoms with Crippen LogP contribution in [0.25, 0.3) is 0 Å². The van der Waals surface area contributed by atoms with Crippen molar-refractivity contribution >= 4 is 5.91 Å². The average Bonchev–Trinajstić information content (AvgIpc) is 2.64. The predicted octanol–water partition coefficient (Wildman–Crippen LogP) is 0.325. The van der Waals surface area contributed by atoms with Gasteiger partial charge in [0.1, 0.15) is 12.0 Å². The zero-order valence-electron chi connectivity index (χ0n) is 8.82. The molecule has 0 fully saturated rings. The Bertz CT molecular complexity index is 321. The number of methoxy groups -OCH3 is 1. The number of carbonyl (C=O) groups excluding carboxylic acids is 1. The van der Waals surface area contributed by atoms with Crippen molar-refractivity contribution in [2.75, 3.05) is 20.3 Å². The summed E-state index contributed by atoms with van der Waals surface area (Å²) in [5.41, 5.74) is 0.446. The Labute approximate surface area is 88.0 Å². The van der Waals surface area contributed by atoms with Gasteiger partial charge < -0.3 is 19.6 Å². The van der Waals surface area contributed by atoms with Crippen LogP contribution < -0.4 is 5.32 Å². The highest BCUT2D eigenvalue weighted by molar-refractivity contribution is 5.94. The number of hydrogen-bond acceptors (Lipinski definition) is 4. The summed E-state index contributed by atoms with van der Waals surface area (Å²) in [6.07, 6.45) is 1.38. The molecule has 1 aromatic rings. The maximum atomic E-state index is 11.6. The van der Waals surface area contributed by atoms with E-state index in [0.29, 0.717) is 11.3 Å². The van der Waals surface area contributed by atoms with E-state index in [9.17, 15) is 4.79 Å².